The molecule has 2 atom stereocenters. The van der Waals surface area contributed by atoms with Gasteiger partial charge in [-0.1, -0.05) is 375 Å². The summed E-state index contributed by atoms with van der Waals surface area (Å²) >= 11 is 0. The lowest BCUT2D eigenvalue weighted by atomic mass is 10.0. The van der Waals surface area contributed by atoms with Gasteiger partial charge in [0.25, 0.3) is 6.29 Å². The van der Waals surface area contributed by atoms with Gasteiger partial charge in [0.05, 0.1) is 34.4 Å². The van der Waals surface area contributed by atoms with Crippen molar-refractivity contribution in [2.75, 3.05) is 47.5 Å². The van der Waals surface area contributed by atoms with Crippen molar-refractivity contribution in [3.05, 3.63) is 194 Å². The molecule has 0 radical (unpaired) electrons. The van der Waals surface area contributed by atoms with Crippen molar-refractivity contribution in [1.82, 2.24) is 0 Å². The SMILES string of the molecule is CC/C=C\C/C=C\C/C=C\C/C=C\C/C=C\C/C=C\C/C=C\C/C=C\CCCCCCCCCCCCCCCCCCC(=O)OC(COC(=O)CCCCCCCCCCCCCCCC/C=C\C/C=C\C/C=C\C/C=C\C/C=C\C/C=C\C/C=C\C/C=C\CC)COC(OCC[N+](C)(C)C)C(=O)O. The maximum absolute atomic E-state index is 13.0. The number of carboxylic acid groups (broad SMARTS) is 1. The quantitative estimate of drug-likeness (QED) is 0.0211. The van der Waals surface area contributed by atoms with E-state index in [4.69, 9.17) is 18.9 Å². The molecule has 0 aliphatic carbocycles. The lowest BCUT2D eigenvalue weighted by Crippen LogP contribution is -2.40. The van der Waals surface area contributed by atoms with Crippen molar-refractivity contribution in [3.8, 4) is 0 Å². The van der Waals surface area contributed by atoms with E-state index in [2.05, 4.69) is 208 Å². The molecule has 0 amide bonds. The van der Waals surface area contributed by atoms with E-state index >= 15 is 0 Å². The first-order chi connectivity index (χ1) is 51.6. The molecular weight excluding hydrogens is 1300 g/mol. The van der Waals surface area contributed by atoms with Crippen molar-refractivity contribution in [1.29, 1.82) is 0 Å². The van der Waals surface area contributed by atoms with E-state index in [-0.39, 0.29) is 32.2 Å². The zero-order valence-electron chi connectivity index (χ0n) is 68.1. The maximum Gasteiger partial charge on any atom is 0.361 e. The zero-order valence-corrected chi connectivity index (χ0v) is 68.1. The Labute approximate surface area is 646 Å². The van der Waals surface area contributed by atoms with Crippen LogP contribution in [-0.4, -0.2) is 87.4 Å². The predicted molar refractivity (Wildman–Crippen MR) is 456 cm³/mol. The number of unbranched alkanes of at least 4 members (excludes halogenated alkanes) is 30. The Bertz CT molecular complexity index is 2450. The largest absolute Gasteiger partial charge is 0.477 e. The first-order valence-corrected chi connectivity index (χ1v) is 42.6. The minimum atomic E-state index is -1.52. The molecule has 105 heavy (non-hydrogen) atoms. The van der Waals surface area contributed by atoms with Gasteiger partial charge < -0.3 is 28.5 Å². The maximum atomic E-state index is 13.0. The standard InChI is InChI=1S/C96H157NO8/c1-6-8-10-12-14-16-18-20-22-24-26-28-30-32-34-36-38-40-42-44-46-47-49-51-53-55-57-59-61-63-65-67-69-71-73-75-77-79-81-83-85-87-94(99)105-92(91-104-96(95(100)101)102-89-88-97(3,4)5)90-103-93(98)86-84-82-80-78-76-74-72-70-68-66-64-62-60-58-56-54-52-50-48-45-43-41-39-37-35-33-31-29-27-25-23-21-19-17-15-13-11-9-7-2/h8-11,14-17,20-23,26-29,32-35,38-41,44-46,48-49,51-52,54,92,96H,6-7,12-13,18-19,24-25,30-31,36-37,42-43,47,50,53,55-91H2,1-5H3/p+1/b10-8-,11-9-,16-14-,17-15-,22-20-,23-21-,28-26-,29-27-,34-32-,35-33-,40-38-,41-39-,46-44-,48-45-,51-49-,54-52-. The van der Waals surface area contributed by atoms with Crippen LogP contribution in [0.4, 0.5) is 0 Å². The van der Waals surface area contributed by atoms with Crippen molar-refractivity contribution < 1.29 is 42.9 Å². The van der Waals surface area contributed by atoms with Crippen LogP contribution in [0.5, 0.6) is 0 Å². The van der Waals surface area contributed by atoms with Crippen LogP contribution < -0.4 is 0 Å². The second kappa shape index (κ2) is 83.8. The van der Waals surface area contributed by atoms with E-state index in [9.17, 15) is 19.5 Å². The van der Waals surface area contributed by atoms with Crippen LogP contribution in [0.3, 0.4) is 0 Å². The Balaban J connectivity index is 4.05. The van der Waals surface area contributed by atoms with E-state index in [1.807, 2.05) is 21.1 Å². The fourth-order valence-electron chi connectivity index (χ4n) is 11.5. The molecule has 9 nitrogen and oxygen atoms in total. The molecule has 0 spiro atoms. The first-order valence-electron chi connectivity index (χ1n) is 42.6. The summed E-state index contributed by atoms with van der Waals surface area (Å²) in [5, 5.41) is 9.79. The molecule has 594 valence electrons. The molecule has 0 saturated heterocycles. The number of hydrogen-bond acceptors (Lipinski definition) is 7. The highest BCUT2D eigenvalue weighted by molar-refractivity contribution is 5.71. The summed E-state index contributed by atoms with van der Waals surface area (Å²) in [6.07, 6.45) is 126. The van der Waals surface area contributed by atoms with Gasteiger partial charge in [0.2, 0.25) is 0 Å². The lowest BCUT2D eigenvalue weighted by molar-refractivity contribution is -0.870. The molecule has 0 aliphatic rings. The topological polar surface area (TPSA) is 108 Å². The van der Waals surface area contributed by atoms with Crippen LogP contribution in [0.2, 0.25) is 0 Å². The van der Waals surface area contributed by atoms with Gasteiger partial charge in [0, 0.05) is 12.8 Å². The second-order valence-corrected chi connectivity index (χ2v) is 29.0. The van der Waals surface area contributed by atoms with Crippen LogP contribution in [-0.2, 0) is 33.3 Å². The molecule has 9 heteroatoms. The number of esters is 2. The Kier molecular flexibility index (Phi) is 79.1. The molecule has 0 heterocycles. The molecule has 0 bridgehead atoms. The summed E-state index contributed by atoms with van der Waals surface area (Å²) in [6.45, 7) is 4.66. The van der Waals surface area contributed by atoms with Crippen molar-refractivity contribution in [2.24, 2.45) is 0 Å². The van der Waals surface area contributed by atoms with Gasteiger partial charge in [-0.25, -0.2) is 4.79 Å². The number of aliphatic carboxylic acids is 1. The van der Waals surface area contributed by atoms with Gasteiger partial charge in [0.1, 0.15) is 13.2 Å². The van der Waals surface area contributed by atoms with Crippen LogP contribution in [0.1, 0.15) is 335 Å². The number of hydrogen-bond donors (Lipinski definition) is 1. The number of ether oxygens (including phenoxy) is 4. The third-order valence-electron chi connectivity index (χ3n) is 17.8. The van der Waals surface area contributed by atoms with E-state index in [1.165, 1.54) is 167 Å². The van der Waals surface area contributed by atoms with Gasteiger partial charge in [0.15, 0.2) is 6.10 Å². The Hall–Kier alpha value is -5.87. The van der Waals surface area contributed by atoms with Crippen molar-refractivity contribution in [3.63, 3.8) is 0 Å². The van der Waals surface area contributed by atoms with Crippen LogP contribution in [0.25, 0.3) is 0 Å². The molecule has 0 aliphatic heterocycles. The van der Waals surface area contributed by atoms with Crippen LogP contribution >= 0.6 is 0 Å². The lowest BCUT2D eigenvalue weighted by Gasteiger charge is -2.25. The number of allylic oxidation sites excluding steroid dienone is 32. The first kappa shape index (κ1) is 99.1. The molecule has 2 unspecified atom stereocenters. The third-order valence-corrected chi connectivity index (χ3v) is 17.8. The highest BCUT2D eigenvalue weighted by Gasteiger charge is 2.25. The molecule has 1 N–H and O–H groups in total. The van der Waals surface area contributed by atoms with E-state index in [1.54, 1.807) is 0 Å². The number of carbonyl (C=O) groups excluding carboxylic acids is 2. The molecule has 0 aromatic rings. The van der Waals surface area contributed by atoms with Gasteiger partial charge in [-0.15, -0.1) is 0 Å². The number of quaternary nitrogens is 1. The molecule has 0 aromatic heterocycles. The second-order valence-electron chi connectivity index (χ2n) is 29.0. The molecule has 0 aromatic carbocycles. The summed E-state index contributed by atoms with van der Waals surface area (Å²) in [5.41, 5.74) is 0. The molecule has 0 saturated carbocycles. The molecule has 0 fully saturated rings. The summed E-state index contributed by atoms with van der Waals surface area (Å²) in [6, 6.07) is 0. The van der Waals surface area contributed by atoms with Crippen molar-refractivity contribution in [2.45, 2.75) is 347 Å². The predicted octanol–water partition coefficient (Wildman–Crippen LogP) is 28.0. The smallest absolute Gasteiger partial charge is 0.361 e. The third kappa shape index (κ3) is 85.3. The normalized spacial score (nSPS) is 13.6. The molecule has 0 rings (SSSR count). The molecular formula is C96H158NO8+. The van der Waals surface area contributed by atoms with Gasteiger partial charge in [-0.3, -0.25) is 9.59 Å². The van der Waals surface area contributed by atoms with E-state index in [0.717, 1.165) is 135 Å². The average Bonchev–Trinajstić information content (AvgIpc) is 1.18. The Morgan fingerprint density at radius 3 is 0.762 bits per heavy atom. The van der Waals surface area contributed by atoms with Gasteiger partial charge in [-0.2, -0.15) is 0 Å². The zero-order chi connectivity index (χ0) is 76.0. The van der Waals surface area contributed by atoms with Crippen molar-refractivity contribution >= 4 is 17.9 Å². The fourth-order valence-corrected chi connectivity index (χ4v) is 11.5. The van der Waals surface area contributed by atoms with Crippen LogP contribution in [0, 0.1) is 0 Å². The minimum absolute atomic E-state index is 0.181. The summed E-state index contributed by atoms with van der Waals surface area (Å²) < 4.78 is 23.1. The summed E-state index contributed by atoms with van der Waals surface area (Å²) in [4.78, 5) is 37.8. The number of carboxylic acids is 1. The Morgan fingerprint density at radius 1 is 0.286 bits per heavy atom. The number of rotatable bonds is 77. The number of likely N-dealkylation sites (N-methyl/N-ethyl adjacent to an activating group) is 1. The number of nitrogens with zero attached hydrogens (tertiary/aromatic N) is 1. The van der Waals surface area contributed by atoms with E-state index in [0.29, 0.717) is 23.9 Å². The fraction of sp³-hybridized carbons (Fsp3) is 0.635. The minimum Gasteiger partial charge on any atom is -0.477 e. The number of carbonyl (C=O) groups is 3. The van der Waals surface area contributed by atoms with E-state index < -0.39 is 24.3 Å². The highest BCUT2D eigenvalue weighted by Crippen LogP contribution is 2.18. The highest BCUT2D eigenvalue weighted by atomic mass is 16.7. The van der Waals surface area contributed by atoms with Crippen LogP contribution in [0.15, 0.2) is 194 Å². The van der Waals surface area contributed by atoms with Gasteiger partial charge in [-0.05, 0) is 141 Å². The summed E-state index contributed by atoms with van der Waals surface area (Å²) in [7, 11) is 5.98. The van der Waals surface area contributed by atoms with Gasteiger partial charge >= 0.3 is 17.9 Å². The summed E-state index contributed by atoms with van der Waals surface area (Å²) in [5.74, 6) is -2.00. The average molecular weight is 1450 g/mol. The monoisotopic (exact) mass is 1450 g/mol. The Morgan fingerprint density at radius 2 is 0.514 bits per heavy atom.